The molecule has 1 saturated carbocycles. The zero-order chi connectivity index (χ0) is 20.3. The Bertz CT molecular complexity index is 1160. The Hall–Kier alpha value is -2.20. The molecule has 1 aliphatic carbocycles. The number of thiazole rings is 1. The molecule has 0 saturated heterocycles. The van der Waals surface area contributed by atoms with Gasteiger partial charge in [0, 0.05) is 5.56 Å². The topological polar surface area (TPSA) is 56.3 Å². The summed E-state index contributed by atoms with van der Waals surface area (Å²) in [5.41, 5.74) is -4.40. The van der Waals surface area contributed by atoms with Crippen LogP contribution in [0.3, 0.4) is 0 Å². The van der Waals surface area contributed by atoms with Crippen molar-refractivity contribution in [3.8, 4) is 16.9 Å². The Morgan fingerprint density at radius 1 is 1.18 bits per heavy atom. The highest BCUT2D eigenvalue weighted by molar-refractivity contribution is 7.88. The van der Waals surface area contributed by atoms with Gasteiger partial charge in [-0.1, -0.05) is 12.1 Å². The minimum absolute atomic E-state index is 0.0931. The summed E-state index contributed by atoms with van der Waals surface area (Å²) < 4.78 is 81.3. The van der Waals surface area contributed by atoms with Crippen LogP contribution in [0.5, 0.6) is 5.75 Å². The summed E-state index contributed by atoms with van der Waals surface area (Å²) in [6.45, 7) is 1.74. The van der Waals surface area contributed by atoms with Gasteiger partial charge in [-0.25, -0.2) is 9.37 Å². The second-order valence-electron chi connectivity index (χ2n) is 6.51. The van der Waals surface area contributed by atoms with Gasteiger partial charge in [-0.05, 0) is 49.4 Å². The van der Waals surface area contributed by atoms with Crippen LogP contribution in [0, 0.1) is 12.7 Å². The molecule has 28 heavy (non-hydrogen) atoms. The summed E-state index contributed by atoms with van der Waals surface area (Å²) in [5.74, 6) is -1.01. The van der Waals surface area contributed by atoms with Crippen LogP contribution in [0.25, 0.3) is 21.3 Å². The first-order valence-corrected chi connectivity index (χ1v) is 10.5. The second-order valence-corrected chi connectivity index (χ2v) is 9.29. The van der Waals surface area contributed by atoms with Crippen molar-refractivity contribution in [2.24, 2.45) is 0 Å². The average molecular weight is 431 g/mol. The van der Waals surface area contributed by atoms with Crippen LogP contribution in [0.2, 0.25) is 0 Å². The fourth-order valence-corrected chi connectivity index (χ4v) is 4.39. The molecule has 148 valence electrons. The molecule has 0 aliphatic heterocycles. The van der Waals surface area contributed by atoms with E-state index in [1.165, 1.54) is 23.5 Å². The van der Waals surface area contributed by atoms with Crippen molar-refractivity contribution < 1.29 is 30.2 Å². The van der Waals surface area contributed by atoms with Crippen LogP contribution in [0.4, 0.5) is 17.6 Å². The lowest BCUT2D eigenvalue weighted by Gasteiger charge is -2.17. The lowest BCUT2D eigenvalue weighted by atomic mass is 9.98. The SMILES string of the molecule is Cc1nc2c(-c3ccc(F)cc3)c(OS(=O)(=O)C(F)(F)F)c(C3CC3)cc2s1. The third-order valence-electron chi connectivity index (χ3n) is 4.40. The molecule has 1 heterocycles. The van der Waals surface area contributed by atoms with Crippen molar-refractivity contribution in [1.82, 2.24) is 4.98 Å². The van der Waals surface area contributed by atoms with Crippen molar-refractivity contribution in [2.45, 2.75) is 31.2 Å². The van der Waals surface area contributed by atoms with Crippen LogP contribution < -0.4 is 4.18 Å². The van der Waals surface area contributed by atoms with E-state index in [-0.39, 0.29) is 17.2 Å². The van der Waals surface area contributed by atoms with Crippen LogP contribution in [0.1, 0.15) is 29.3 Å². The maximum atomic E-state index is 13.4. The van der Waals surface area contributed by atoms with E-state index < -0.39 is 21.4 Å². The van der Waals surface area contributed by atoms with Crippen molar-refractivity contribution in [3.05, 3.63) is 46.7 Å². The Labute approximate surface area is 161 Å². The number of nitrogens with zero attached hydrogens (tertiary/aromatic N) is 1. The van der Waals surface area contributed by atoms with E-state index in [0.29, 0.717) is 39.2 Å². The molecule has 2 aromatic carbocycles. The highest BCUT2D eigenvalue weighted by atomic mass is 32.2. The molecule has 0 bridgehead atoms. The predicted molar refractivity (Wildman–Crippen MR) is 97.3 cm³/mol. The van der Waals surface area contributed by atoms with Gasteiger partial charge in [0.15, 0.2) is 5.75 Å². The summed E-state index contributed by atoms with van der Waals surface area (Å²) in [6, 6.07) is 6.66. The van der Waals surface area contributed by atoms with Crippen LogP contribution >= 0.6 is 11.3 Å². The summed E-state index contributed by atoms with van der Waals surface area (Å²) in [4.78, 5) is 4.35. The number of hydrogen-bond donors (Lipinski definition) is 0. The third-order valence-corrected chi connectivity index (χ3v) is 6.27. The van der Waals surface area contributed by atoms with E-state index in [0.717, 1.165) is 12.1 Å². The van der Waals surface area contributed by atoms with E-state index in [4.69, 9.17) is 0 Å². The average Bonchev–Trinajstić information content (AvgIpc) is 3.36. The lowest BCUT2D eigenvalue weighted by molar-refractivity contribution is -0.0500. The number of benzene rings is 2. The first kappa shape index (κ1) is 19.1. The van der Waals surface area contributed by atoms with Gasteiger partial charge >= 0.3 is 15.6 Å². The van der Waals surface area contributed by atoms with Gasteiger partial charge in [0.1, 0.15) is 5.82 Å². The summed E-state index contributed by atoms with van der Waals surface area (Å²) in [5, 5.41) is 0.663. The van der Waals surface area contributed by atoms with Crippen molar-refractivity contribution in [2.75, 3.05) is 0 Å². The lowest BCUT2D eigenvalue weighted by Crippen LogP contribution is -2.28. The van der Waals surface area contributed by atoms with Crippen LogP contribution in [0.15, 0.2) is 30.3 Å². The van der Waals surface area contributed by atoms with Gasteiger partial charge in [-0.3, -0.25) is 0 Å². The van der Waals surface area contributed by atoms with E-state index in [9.17, 15) is 26.0 Å². The Kier molecular flexibility index (Phi) is 4.38. The van der Waals surface area contributed by atoms with Gasteiger partial charge in [-0.2, -0.15) is 21.6 Å². The minimum Gasteiger partial charge on any atom is -0.375 e. The molecule has 10 heteroatoms. The minimum atomic E-state index is -5.88. The highest BCUT2D eigenvalue weighted by Crippen LogP contribution is 2.51. The van der Waals surface area contributed by atoms with E-state index in [1.807, 2.05) is 0 Å². The first-order valence-electron chi connectivity index (χ1n) is 8.27. The van der Waals surface area contributed by atoms with Gasteiger partial charge in [0.2, 0.25) is 0 Å². The van der Waals surface area contributed by atoms with Crippen molar-refractivity contribution in [1.29, 1.82) is 0 Å². The molecule has 3 aromatic rings. The largest absolute Gasteiger partial charge is 0.534 e. The van der Waals surface area contributed by atoms with Gasteiger partial charge in [0.05, 0.1) is 20.8 Å². The van der Waals surface area contributed by atoms with E-state index in [1.54, 1.807) is 13.0 Å². The molecule has 0 spiro atoms. The predicted octanol–water partition coefficient (Wildman–Crippen LogP) is 5.52. The van der Waals surface area contributed by atoms with Crippen LogP contribution in [-0.4, -0.2) is 18.9 Å². The number of halogens is 4. The maximum Gasteiger partial charge on any atom is 0.534 e. The van der Waals surface area contributed by atoms with Crippen molar-refractivity contribution >= 4 is 31.7 Å². The van der Waals surface area contributed by atoms with Gasteiger partial charge < -0.3 is 4.18 Å². The number of alkyl halides is 3. The standard InChI is InChI=1S/C18H13F4NO3S2/c1-9-23-16-14(27-9)8-13(10-2-3-10)17(26-28(24,25)18(20,21)22)15(16)11-4-6-12(19)7-5-11/h4-8,10H,2-3H2,1H3. The fraction of sp³-hybridized carbons (Fsp3) is 0.278. The molecular formula is C18H13F4NO3S2. The zero-order valence-electron chi connectivity index (χ0n) is 14.4. The molecule has 0 unspecified atom stereocenters. The third kappa shape index (κ3) is 3.35. The molecule has 0 radical (unpaired) electrons. The number of hydrogen-bond acceptors (Lipinski definition) is 5. The normalized spacial score (nSPS) is 15.2. The second kappa shape index (κ2) is 6.41. The highest BCUT2D eigenvalue weighted by Gasteiger charge is 2.49. The van der Waals surface area contributed by atoms with Gasteiger partial charge in [-0.15, -0.1) is 11.3 Å². The number of rotatable bonds is 4. The number of aryl methyl sites for hydroxylation is 1. The Morgan fingerprint density at radius 3 is 2.39 bits per heavy atom. The molecule has 4 rings (SSSR count). The smallest absolute Gasteiger partial charge is 0.375 e. The number of fused-ring (bicyclic) bond motifs is 1. The summed E-state index contributed by atoms with van der Waals surface area (Å²) in [7, 11) is -5.88. The quantitative estimate of drug-likeness (QED) is 0.310. The summed E-state index contributed by atoms with van der Waals surface area (Å²) >= 11 is 1.34. The zero-order valence-corrected chi connectivity index (χ0v) is 16.0. The molecule has 0 N–H and O–H groups in total. The number of aromatic nitrogens is 1. The molecule has 0 amide bonds. The molecule has 1 aromatic heterocycles. The molecule has 1 fully saturated rings. The first-order chi connectivity index (χ1) is 13.1. The monoisotopic (exact) mass is 431 g/mol. The van der Waals surface area contributed by atoms with Crippen LogP contribution in [-0.2, 0) is 10.1 Å². The molecular weight excluding hydrogens is 418 g/mol. The molecule has 0 atom stereocenters. The van der Waals surface area contributed by atoms with Gasteiger partial charge in [0.25, 0.3) is 0 Å². The van der Waals surface area contributed by atoms with Crippen molar-refractivity contribution in [3.63, 3.8) is 0 Å². The Morgan fingerprint density at radius 2 is 1.82 bits per heavy atom. The summed E-state index contributed by atoms with van der Waals surface area (Å²) in [6.07, 6.45) is 1.43. The molecule has 4 nitrogen and oxygen atoms in total. The van der Waals surface area contributed by atoms with E-state index in [2.05, 4.69) is 9.17 Å². The van der Waals surface area contributed by atoms with E-state index >= 15 is 0 Å². The maximum absolute atomic E-state index is 13.4. The molecule has 1 aliphatic rings. The Balaban J connectivity index is 2.04. The fourth-order valence-electron chi connectivity index (χ4n) is 3.01.